The number of halogens is 1. The summed E-state index contributed by atoms with van der Waals surface area (Å²) in [4.78, 5) is 2.40. The Hall–Kier alpha value is -0.870. The molecule has 90 valence electrons. The lowest BCUT2D eigenvalue weighted by molar-refractivity contribution is 0.109. The maximum Gasteiger partial charge on any atom is 0.0814 e. The Balaban J connectivity index is 1.81. The number of hydrogen-bond acceptors (Lipinski definition) is 3. The average Bonchev–Trinajstić information content (AvgIpc) is 2.80. The molecule has 1 aromatic heterocycles. The SMILES string of the molecule is NCc1ccc(COCc2ccc(Cl)cc2)s1. The molecule has 4 heteroatoms. The van der Waals surface area contributed by atoms with Crippen molar-refractivity contribution in [1.82, 2.24) is 0 Å². The number of benzene rings is 1. The molecule has 2 nitrogen and oxygen atoms in total. The highest BCUT2D eigenvalue weighted by Crippen LogP contribution is 2.17. The summed E-state index contributed by atoms with van der Waals surface area (Å²) in [6.07, 6.45) is 0. The van der Waals surface area contributed by atoms with Crippen LogP contribution in [0, 0.1) is 0 Å². The molecule has 2 N–H and O–H groups in total. The van der Waals surface area contributed by atoms with Crippen LogP contribution in [0.2, 0.25) is 5.02 Å². The monoisotopic (exact) mass is 267 g/mol. The predicted molar refractivity (Wildman–Crippen MR) is 72.2 cm³/mol. The van der Waals surface area contributed by atoms with Crippen LogP contribution < -0.4 is 5.73 Å². The lowest BCUT2D eigenvalue weighted by Crippen LogP contribution is -1.92. The second-order valence-electron chi connectivity index (χ2n) is 3.69. The number of rotatable bonds is 5. The second-order valence-corrected chi connectivity index (χ2v) is 5.38. The van der Waals surface area contributed by atoms with Crippen molar-refractivity contribution < 1.29 is 4.74 Å². The van der Waals surface area contributed by atoms with Gasteiger partial charge in [-0.25, -0.2) is 0 Å². The summed E-state index contributed by atoms with van der Waals surface area (Å²) >= 11 is 7.51. The van der Waals surface area contributed by atoms with Crippen molar-refractivity contribution in [2.75, 3.05) is 0 Å². The van der Waals surface area contributed by atoms with Gasteiger partial charge in [-0.05, 0) is 29.8 Å². The molecular formula is C13H14ClNOS. The maximum absolute atomic E-state index is 5.81. The highest BCUT2D eigenvalue weighted by atomic mass is 35.5. The first-order valence-electron chi connectivity index (χ1n) is 5.38. The zero-order chi connectivity index (χ0) is 12.1. The molecule has 17 heavy (non-hydrogen) atoms. The first kappa shape index (κ1) is 12.6. The summed E-state index contributed by atoms with van der Waals surface area (Å²) < 4.78 is 5.63. The van der Waals surface area contributed by atoms with Crippen LogP contribution in [0.15, 0.2) is 36.4 Å². The highest BCUT2D eigenvalue weighted by Gasteiger charge is 1.99. The first-order valence-corrected chi connectivity index (χ1v) is 6.57. The van der Waals surface area contributed by atoms with Gasteiger partial charge in [-0.2, -0.15) is 0 Å². The molecule has 2 aromatic rings. The van der Waals surface area contributed by atoms with E-state index in [1.165, 1.54) is 9.75 Å². The third kappa shape index (κ3) is 3.82. The summed E-state index contributed by atoms with van der Waals surface area (Å²) in [5, 5.41) is 0.750. The molecule has 0 aliphatic carbocycles. The van der Waals surface area contributed by atoms with Gasteiger partial charge in [0.2, 0.25) is 0 Å². The Kier molecular flexibility index (Phi) is 4.57. The standard InChI is InChI=1S/C13H14ClNOS/c14-11-3-1-10(2-4-11)8-16-9-13-6-5-12(7-15)17-13/h1-6H,7-9,15H2. The summed E-state index contributed by atoms with van der Waals surface area (Å²) in [7, 11) is 0. The average molecular weight is 268 g/mol. The van der Waals surface area contributed by atoms with Crippen molar-refractivity contribution in [2.24, 2.45) is 5.73 Å². The van der Waals surface area contributed by atoms with Crippen molar-refractivity contribution in [1.29, 1.82) is 0 Å². The summed E-state index contributed by atoms with van der Waals surface area (Å²) in [5.41, 5.74) is 6.68. The Morgan fingerprint density at radius 3 is 2.35 bits per heavy atom. The quantitative estimate of drug-likeness (QED) is 0.899. The van der Waals surface area contributed by atoms with Gasteiger partial charge in [0.15, 0.2) is 0 Å². The molecule has 0 amide bonds. The fraction of sp³-hybridized carbons (Fsp3) is 0.231. The number of hydrogen-bond donors (Lipinski definition) is 1. The van der Waals surface area contributed by atoms with Crippen molar-refractivity contribution in [3.05, 3.63) is 56.7 Å². The van der Waals surface area contributed by atoms with Gasteiger partial charge in [0.25, 0.3) is 0 Å². The van der Waals surface area contributed by atoms with Crippen LogP contribution >= 0.6 is 22.9 Å². The van der Waals surface area contributed by atoms with Gasteiger partial charge < -0.3 is 10.5 Å². The van der Waals surface area contributed by atoms with Crippen LogP contribution in [0.1, 0.15) is 15.3 Å². The maximum atomic E-state index is 5.81. The van der Waals surface area contributed by atoms with E-state index in [1.54, 1.807) is 11.3 Å². The van der Waals surface area contributed by atoms with Gasteiger partial charge in [0.05, 0.1) is 13.2 Å². The van der Waals surface area contributed by atoms with Crippen LogP contribution in [0.5, 0.6) is 0 Å². The Labute approximate surface area is 110 Å². The van der Waals surface area contributed by atoms with Gasteiger partial charge >= 0.3 is 0 Å². The van der Waals surface area contributed by atoms with Gasteiger partial charge in [-0.3, -0.25) is 0 Å². The minimum atomic E-state index is 0.599. The van der Waals surface area contributed by atoms with Gasteiger partial charge in [0.1, 0.15) is 0 Å². The van der Waals surface area contributed by atoms with Crippen LogP contribution in [0.4, 0.5) is 0 Å². The molecule has 0 unspecified atom stereocenters. The van der Waals surface area contributed by atoms with E-state index in [4.69, 9.17) is 22.1 Å². The lowest BCUT2D eigenvalue weighted by Gasteiger charge is -2.02. The molecule has 0 aliphatic heterocycles. The highest BCUT2D eigenvalue weighted by molar-refractivity contribution is 7.11. The van der Waals surface area contributed by atoms with E-state index in [2.05, 4.69) is 6.07 Å². The van der Waals surface area contributed by atoms with Crippen molar-refractivity contribution >= 4 is 22.9 Å². The fourth-order valence-electron chi connectivity index (χ4n) is 1.46. The summed E-state index contributed by atoms with van der Waals surface area (Å²) in [5.74, 6) is 0. The van der Waals surface area contributed by atoms with E-state index in [0.717, 1.165) is 10.6 Å². The van der Waals surface area contributed by atoms with Crippen molar-refractivity contribution in [3.63, 3.8) is 0 Å². The molecule has 0 atom stereocenters. The van der Waals surface area contributed by atoms with Crippen molar-refractivity contribution in [2.45, 2.75) is 19.8 Å². The van der Waals surface area contributed by atoms with E-state index in [-0.39, 0.29) is 0 Å². The normalized spacial score (nSPS) is 10.7. The minimum Gasteiger partial charge on any atom is -0.371 e. The number of nitrogens with two attached hydrogens (primary N) is 1. The zero-order valence-electron chi connectivity index (χ0n) is 9.36. The van der Waals surface area contributed by atoms with Crippen LogP contribution in [0.3, 0.4) is 0 Å². The third-order valence-electron chi connectivity index (χ3n) is 2.34. The Morgan fingerprint density at radius 1 is 1.00 bits per heavy atom. The molecule has 0 fully saturated rings. The molecule has 0 aliphatic rings. The van der Waals surface area contributed by atoms with E-state index < -0.39 is 0 Å². The first-order chi connectivity index (χ1) is 8.28. The van der Waals surface area contributed by atoms with Crippen LogP contribution in [-0.4, -0.2) is 0 Å². The van der Waals surface area contributed by atoms with Crippen LogP contribution in [0.25, 0.3) is 0 Å². The lowest BCUT2D eigenvalue weighted by atomic mass is 10.2. The molecular weight excluding hydrogens is 254 g/mol. The largest absolute Gasteiger partial charge is 0.371 e. The summed E-state index contributed by atoms with van der Waals surface area (Å²) in [6.45, 7) is 1.84. The Morgan fingerprint density at radius 2 is 1.71 bits per heavy atom. The molecule has 2 rings (SSSR count). The number of ether oxygens (including phenoxy) is 1. The van der Waals surface area contributed by atoms with Gasteiger partial charge in [0, 0.05) is 21.3 Å². The molecule has 1 aromatic carbocycles. The molecule has 0 radical (unpaired) electrons. The van der Waals surface area contributed by atoms with E-state index in [1.807, 2.05) is 30.3 Å². The van der Waals surface area contributed by atoms with E-state index in [9.17, 15) is 0 Å². The second kappa shape index (κ2) is 6.17. The smallest absolute Gasteiger partial charge is 0.0814 e. The molecule has 0 bridgehead atoms. The van der Waals surface area contributed by atoms with Gasteiger partial charge in [-0.1, -0.05) is 23.7 Å². The van der Waals surface area contributed by atoms with Crippen molar-refractivity contribution in [3.8, 4) is 0 Å². The van der Waals surface area contributed by atoms with E-state index in [0.29, 0.717) is 19.8 Å². The molecule has 0 saturated heterocycles. The zero-order valence-corrected chi connectivity index (χ0v) is 10.9. The minimum absolute atomic E-state index is 0.599. The third-order valence-corrected chi connectivity index (χ3v) is 3.68. The topological polar surface area (TPSA) is 35.2 Å². The van der Waals surface area contributed by atoms with Gasteiger partial charge in [-0.15, -0.1) is 11.3 Å². The predicted octanol–water partition coefficient (Wildman–Crippen LogP) is 3.58. The molecule has 0 spiro atoms. The van der Waals surface area contributed by atoms with Crippen LogP contribution in [-0.2, 0) is 24.5 Å². The number of thiophene rings is 1. The molecule has 0 saturated carbocycles. The van der Waals surface area contributed by atoms with E-state index >= 15 is 0 Å². The summed E-state index contributed by atoms with van der Waals surface area (Å²) in [6, 6.07) is 11.8. The Bertz CT molecular complexity index is 467. The molecule has 1 heterocycles. The fourth-order valence-corrected chi connectivity index (χ4v) is 2.42.